The summed E-state index contributed by atoms with van der Waals surface area (Å²) in [6, 6.07) is 3.52. The maximum Gasteiger partial charge on any atom is 0.326 e. The lowest BCUT2D eigenvalue weighted by Crippen LogP contribution is -2.34. The zero-order valence-corrected chi connectivity index (χ0v) is 17.8. The van der Waals surface area contributed by atoms with Crippen molar-refractivity contribution in [2.75, 3.05) is 26.4 Å². The van der Waals surface area contributed by atoms with E-state index in [-0.39, 0.29) is 18.1 Å². The van der Waals surface area contributed by atoms with Crippen LogP contribution in [0.4, 0.5) is 4.79 Å². The molecule has 0 aromatic heterocycles. The fourth-order valence-electron chi connectivity index (χ4n) is 2.74. The second kappa shape index (κ2) is 11.1. The van der Waals surface area contributed by atoms with E-state index in [4.69, 9.17) is 20.6 Å². The van der Waals surface area contributed by atoms with Crippen molar-refractivity contribution in [1.29, 1.82) is 0 Å². The fourth-order valence-corrected chi connectivity index (χ4v) is 3.58. The van der Waals surface area contributed by atoms with Crippen molar-refractivity contribution in [3.05, 3.63) is 40.8 Å². The van der Waals surface area contributed by atoms with Gasteiger partial charge in [-0.05, 0) is 55.8 Å². The van der Waals surface area contributed by atoms with Crippen LogP contribution in [0.2, 0.25) is 0 Å². The number of hydrogen-bond donors (Lipinski definition) is 0. The molecule has 1 heterocycles. The van der Waals surface area contributed by atoms with Gasteiger partial charge < -0.3 is 14.2 Å². The van der Waals surface area contributed by atoms with E-state index in [0.29, 0.717) is 30.1 Å². The summed E-state index contributed by atoms with van der Waals surface area (Å²) in [5, 5.41) is -0.523. The quantitative estimate of drug-likeness (QED) is 0.244. The molecule has 1 aromatic carbocycles. The van der Waals surface area contributed by atoms with Gasteiger partial charge in [-0.25, -0.2) is 0 Å². The highest BCUT2D eigenvalue weighted by Gasteiger charge is 2.36. The Morgan fingerprint density at radius 3 is 2.67 bits per heavy atom. The van der Waals surface area contributed by atoms with Crippen LogP contribution in [0.1, 0.15) is 25.0 Å². The van der Waals surface area contributed by atoms with Crippen molar-refractivity contribution in [3.63, 3.8) is 0 Å². The molecule has 0 aliphatic carbocycles. The van der Waals surface area contributed by atoms with Crippen LogP contribution in [0.5, 0.6) is 11.5 Å². The maximum atomic E-state index is 12.6. The fraction of sp³-hybridized carbons (Fsp3) is 0.318. The minimum atomic E-state index is -0.636. The first-order valence-electron chi connectivity index (χ1n) is 9.32. The minimum Gasteiger partial charge on any atom is -0.490 e. The third-order valence-electron chi connectivity index (χ3n) is 3.88. The van der Waals surface area contributed by atoms with E-state index in [2.05, 4.69) is 12.5 Å². The topological polar surface area (TPSA) is 82.1 Å². The van der Waals surface area contributed by atoms with Crippen molar-refractivity contribution in [2.24, 2.45) is 0 Å². The highest BCUT2D eigenvalue weighted by molar-refractivity contribution is 8.18. The first-order chi connectivity index (χ1) is 14.4. The van der Waals surface area contributed by atoms with E-state index in [0.717, 1.165) is 22.2 Å². The predicted octanol–water partition coefficient (Wildman–Crippen LogP) is 3.43. The Hall–Kier alpha value is -3.18. The number of allylic oxidation sites excluding steroid dienone is 1. The van der Waals surface area contributed by atoms with Crippen LogP contribution in [-0.4, -0.2) is 48.4 Å². The Kier molecular flexibility index (Phi) is 8.56. The van der Waals surface area contributed by atoms with Gasteiger partial charge in [0.2, 0.25) is 0 Å². The summed E-state index contributed by atoms with van der Waals surface area (Å²) in [7, 11) is 0. The van der Waals surface area contributed by atoms with E-state index in [9.17, 15) is 14.4 Å². The molecule has 1 aliphatic rings. The molecule has 0 saturated carbocycles. The van der Waals surface area contributed by atoms with Crippen LogP contribution in [0.25, 0.3) is 6.08 Å². The molecule has 8 heteroatoms. The normalized spacial score (nSPS) is 14.6. The van der Waals surface area contributed by atoms with Crippen LogP contribution < -0.4 is 9.47 Å². The molecule has 0 bridgehead atoms. The maximum absolute atomic E-state index is 12.6. The molecule has 0 unspecified atom stereocenters. The first-order valence-corrected chi connectivity index (χ1v) is 10.1. The predicted molar refractivity (Wildman–Crippen MR) is 115 cm³/mol. The number of carbonyl (C=O) groups excluding carboxylic acids is 3. The smallest absolute Gasteiger partial charge is 0.326 e. The molecule has 0 radical (unpaired) electrons. The average Bonchev–Trinajstić information content (AvgIpc) is 2.95. The molecule has 2 amide bonds. The number of thioether (sulfide) groups is 1. The summed E-state index contributed by atoms with van der Waals surface area (Å²) in [5.74, 6) is 2.23. The van der Waals surface area contributed by atoms with Crippen LogP contribution in [0.3, 0.4) is 0 Å². The molecule has 1 saturated heterocycles. The van der Waals surface area contributed by atoms with Crippen molar-refractivity contribution in [1.82, 2.24) is 4.90 Å². The van der Waals surface area contributed by atoms with E-state index in [1.54, 1.807) is 25.1 Å². The molecule has 0 N–H and O–H groups in total. The number of hydrogen-bond acceptors (Lipinski definition) is 7. The van der Waals surface area contributed by atoms with Crippen LogP contribution in [0.15, 0.2) is 29.7 Å². The number of amides is 2. The molecule has 7 nitrogen and oxygen atoms in total. The number of nitrogens with zero attached hydrogens (tertiary/aromatic N) is 1. The van der Waals surface area contributed by atoms with Gasteiger partial charge in [0.15, 0.2) is 11.5 Å². The summed E-state index contributed by atoms with van der Waals surface area (Å²) in [6.07, 6.45) is 9.09. The van der Waals surface area contributed by atoms with Gasteiger partial charge in [-0.3, -0.25) is 19.3 Å². The molecular weight excluding hydrogens is 406 g/mol. The Bertz CT molecular complexity index is 915. The highest BCUT2D eigenvalue weighted by atomic mass is 32.2. The summed E-state index contributed by atoms with van der Waals surface area (Å²) in [4.78, 5) is 37.5. The van der Waals surface area contributed by atoms with Crippen LogP contribution in [0, 0.1) is 12.3 Å². The number of imide groups is 1. The van der Waals surface area contributed by atoms with Gasteiger partial charge in [0.1, 0.15) is 13.2 Å². The first kappa shape index (κ1) is 23.1. The highest BCUT2D eigenvalue weighted by Crippen LogP contribution is 2.37. The van der Waals surface area contributed by atoms with Crippen molar-refractivity contribution in [2.45, 2.75) is 20.3 Å². The Balaban J connectivity index is 2.38. The SMILES string of the molecule is C#CCOc1c(CC=C)cc(C=C2SC(=O)N(CC(=O)OCC)C2=O)cc1OCC. The van der Waals surface area contributed by atoms with E-state index in [1.165, 1.54) is 0 Å². The Morgan fingerprint density at radius 2 is 2.03 bits per heavy atom. The van der Waals surface area contributed by atoms with Gasteiger partial charge in [-0.1, -0.05) is 12.0 Å². The molecule has 1 aromatic rings. The minimum absolute atomic E-state index is 0.0797. The van der Waals surface area contributed by atoms with Crippen molar-refractivity contribution in [3.8, 4) is 23.8 Å². The molecular formula is C22H23NO6S. The molecule has 0 atom stereocenters. The third-order valence-corrected chi connectivity index (χ3v) is 4.79. The standard InChI is InChI=1S/C22H23NO6S/c1-5-9-16-11-15(12-17(27-7-3)20(16)29-10-6-2)13-18-21(25)23(22(26)30-18)14-19(24)28-8-4/h2,5,11-13H,1,7-10,14H2,3-4H3. The average molecular weight is 429 g/mol. The van der Waals surface area contributed by atoms with Gasteiger partial charge in [0.25, 0.3) is 11.1 Å². The lowest BCUT2D eigenvalue weighted by molar-refractivity contribution is -0.145. The molecule has 0 spiro atoms. The summed E-state index contributed by atoms with van der Waals surface area (Å²) < 4.78 is 16.2. The van der Waals surface area contributed by atoms with Crippen molar-refractivity contribution >= 4 is 35.0 Å². The van der Waals surface area contributed by atoms with Gasteiger partial charge in [0, 0.05) is 5.56 Å². The van der Waals surface area contributed by atoms with Gasteiger partial charge in [0.05, 0.1) is 18.1 Å². The Labute approximate surface area is 180 Å². The zero-order valence-electron chi connectivity index (χ0n) is 16.9. The van der Waals surface area contributed by atoms with Crippen molar-refractivity contribution < 1.29 is 28.6 Å². The van der Waals surface area contributed by atoms with E-state index < -0.39 is 23.7 Å². The summed E-state index contributed by atoms with van der Waals surface area (Å²) in [5.41, 5.74) is 1.42. The number of ether oxygens (including phenoxy) is 3. The number of benzene rings is 1. The molecule has 1 fully saturated rings. The van der Waals surface area contributed by atoms with Gasteiger partial charge >= 0.3 is 5.97 Å². The van der Waals surface area contributed by atoms with Crippen LogP contribution >= 0.6 is 11.8 Å². The summed E-state index contributed by atoms with van der Waals surface area (Å²) in [6.45, 7) is 7.48. The summed E-state index contributed by atoms with van der Waals surface area (Å²) >= 11 is 0.765. The van der Waals surface area contributed by atoms with Crippen LogP contribution in [-0.2, 0) is 20.7 Å². The number of esters is 1. The number of terminal acetylenes is 1. The molecule has 158 valence electrons. The lowest BCUT2D eigenvalue weighted by Gasteiger charge is -2.15. The molecule has 30 heavy (non-hydrogen) atoms. The third kappa shape index (κ3) is 5.67. The van der Waals surface area contributed by atoms with Gasteiger partial charge in [-0.15, -0.1) is 13.0 Å². The van der Waals surface area contributed by atoms with E-state index in [1.807, 2.05) is 13.0 Å². The largest absolute Gasteiger partial charge is 0.490 e. The second-order valence-electron chi connectivity index (χ2n) is 6.00. The van der Waals surface area contributed by atoms with Gasteiger partial charge in [-0.2, -0.15) is 0 Å². The Morgan fingerprint density at radius 1 is 1.27 bits per heavy atom. The molecule has 2 rings (SSSR count). The van der Waals surface area contributed by atoms with E-state index >= 15 is 0 Å². The molecule has 1 aliphatic heterocycles. The second-order valence-corrected chi connectivity index (χ2v) is 6.99. The zero-order chi connectivity index (χ0) is 22.1. The monoisotopic (exact) mass is 429 g/mol. The number of rotatable bonds is 10. The number of carbonyl (C=O) groups is 3. The lowest BCUT2D eigenvalue weighted by atomic mass is 10.0.